The number of nitrogens with zero attached hydrogens (tertiary/aromatic N) is 4. The van der Waals surface area contributed by atoms with Gasteiger partial charge in [-0.2, -0.15) is 0 Å². The molecule has 5 nitrogen and oxygen atoms in total. The van der Waals surface area contributed by atoms with Crippen LogP contribution in [-0.2, 0) is 0 Å². The van der Waals surface area contributed by atoms with E-state index in [1.165, 1.54) is 5.56 Å². The Kier molecular flexibility index (Phi) is 4.06. The van der Waals surface area contributed by atoms with Gasteiger partial charge in [0.15, 0.2) is 0 Å². The number of rotatable bonds is 3. The van der Waals surface area contributed by atoms with Crippen LogP contribution in [-0.4, -0.2) is 38.7 Å². The lowest BCUT2D eigenvalue weighted by Crippen LogP contribution is -2.29. The van der Waals surface area contributed by atoms with Crippen molar-refractivity contribution in [3.05, 3.63) is 77.9 Å². The van der Waals surface area contributed by atoms with E-state index in [1.54, 1.807) is 4.68 Å². The summed E-state index contributed by atoms with van der Waals surface area (Å²) >= 11 is 0. The predicted octanol–water partition coefficient (Wildman–Crippen LogP) is 3.21. The van der Waals surface area contributed by atoms with Gasteiger partial charge in [-0.3, -0.25) is 4.79 Å². The highest BCUT2D eigenvalue weighted by atomic mass is 16.2. The molecule has 1 aromatic heterocycles. The molecule has 0 saturated carbocycles. The fourth-order valence-corrected chi connectivity index (χ4v) is 3.38. The lowest BCUT2D eigenvalue weighted by Gasteiger charge is -2.14. The first kappa shape index (κ1) is 15.6. The lowest BCUT2D eigenvalue weighted by molar-refractivity contribution is 0.0778. The summed E-state index contributed by atoms with van der Waals surface area (Å²) in [5.41, 5.74) is 2.20. The second-order valence-electron chi connectivity index (χ2n) is 6.38. The third-order valence-corrected chi connectivity index (χ3v) is 4.71. The Morgan fingerprint density at radius 1 is 1.04 bits per heavy atom. The SMILES string of the molecule is Cc1nc(C(=O)N2CC[C@H](c3ccccc3)C2)nn1-c1ccccc1. The molecule has 0 unspecified atom stereocenters. The van der Waals surface area contributed by atoms with Crippen LogP contribution in [0.2, 0.25) is 0 Å². The molecule has 2 heterocycles. The topological polar surface area (TPSA) is 51.0 Å². The summed E-state index contributed by atoms with van der Waals surface area (Å²) in [6.45, 7) is 3.34. The first-order chi connectivity index (χ1) is 12.2. The third-order valence-electron chi connectivity index (χ3n) is 4.71. The molecule has 1 aliphatic rings. The fraction of sp³-hybridized carbons (Fsp3) is 0.250. The highest BCUT2D eigenvalue weighted by molar-refractivity contribution is 5.90. The number of carbonyl (C=O) groups excluding carboxylic acids is 1. The number of hydrogen-bond acceptors (Lipinski definition) is 3. The summed E-state index contributed by atoms with van der Waals surface area (Å²) in [7, 11) is 0. The number of amides is 1. The second kappa shape index (κ2) is 6.51. The second-order valence-corrected chi connectivity index (χ2v) is 6.38. The minimum atomic E-state index is -0.0868. The maximum atomic E-state index is 12.8. The van der Waals surface area contributed by atoms with Crippen LogP contribution in [0.1, 0.15) is 34.3 Å². The largest absolute Gasteiger partial charge is 0.335 e. The normalized spacial score (nSPS) is 17.0. The van der Waals surface area contributed by atoms with Gasteiger partial charge in [-0.25, -0.2) is 9.67 Å². The number of likely N-dealkylation sites (tertiary alicyclic amines) is 1. The van der Waals surface area contributed by atoms with E-state index in [2.05, 4.69) is 22.2 Å². The van der Waals surface area contributed by atoms with Crippen molar-refractivity contribution in [3.63, 3.8) is 0 Å². The standard InChI is InChI=1S/C20H20N4O/c1-15-21-19(22-24(15)18-10-6-3-7-11-18)20(25)23-13-12-17(14-23)16-8-4-2-5-9-16/h2-11,17H,12-14H2,1H3/t17-/m0/s1. The summed E-state index contributed by atoms with van der Waals surface area (Å²) in [4.78, 5) is 19.1. The average molecular weight is 332 g/mol. The Hall–Kier alpha value is -2.95. The summed E-state index contributed by atoms with van der Waals surface area (Å²) in [5.74, 6) is 1.29. The van der Waals surface area contributed by atoms with Gasteiger partial charge < -0.3 is 4.90 Å². The number of hydrogen-bond donors (Lipinski definition) is 0. The molecule has 0 N–H and O–H groups in total. The molecule has 25 heavy (non-hydrogen) atoms. The number of benzene rings is 2. The van der Waals surface area contributed by atoms with Crippen molar-refractivity contribution in [2.24, 2.45) is 0 Å². The molecule has 1 amide bonds. The highest BCUT2D eigenvalue weighted by Crippen LogP contribution is 2.27. The number of para-hydroxylation sites is 1. The lowest BCUT2D eigenvalue weighted by atomic mass is 9.99. The third kappa shape index (κ3) is 3.05. The Bertz CT molecular complexity index is 873. The quantitative estimate of drug-likeness (QED) is 0.740. The van der Waals surface area contributed by atoms with Crippen molar-refractivity contribution in [2.75, 3.05) is 13.1 Å². The van der Waals surface area contributed by atoms with Gasteiger partial charge in [-0.05, 0) is 31.0 Å². The van der Waals surface area contributed by atoms with Gasteiger partial charge >= 0.3 is 0 Å². The summed E-state index contributed by atoms with van der Waals surface area (Å²) in [6, 6.07) is 20.1. The van der Waals surface area contributed by atoms with Crippen LogP contribution in [0.5, 0.6) is 0 Å². The minimum absolute atomic E-state index is 0.0868. The molecule has 0 bridgehead atoms. The van der Waals surface area contributed by atoms with Crippen molar-refractivity contribution in [1.82, 2.24) is 19.7 Å². The predicted molar refractivity (Wildman–Crippen MR) is 95.8 cm³/mol. The highest BCUT2D eigenvalue weighted by Gasteiger charge is 2.30. The van der Waals surface area contributed by atoms with Gasteiger partial charge in [0.1, 0.15) is 5.82 Å². The van der Waals surface area contributed by atoms with E-state index in [1.807, 2.05) is 60.4 Å². The summed E-state index contributed by atoms with van der Waals surface area (Å²) < 4.78 is 1.72. The average Bonchev–Trinajstić information content (AvgIpc) is 3.30. The van der Waals surface area contributed by atoms with Crippen LogP contribution < -0.4 is 0 Å². The molecule has 1 aliphatic heterocycles. The summed E-state index contributed by atoms with van der Waals surface area (Å²) in [5, 5.41) is 4.44. The molecule has 4 rings (SSSR count). The summed E-state index contributed by atoms with van der Waals surface area (Å²) in [6.07, 6.45) is 0.980. The van der Waals surface area contributed by atoms with Crippen molar-refractivity contribution in [1.29, 1.82) is 0 Å². The molecule has 126 valence electrons. The zero-order valence-electron chi connectivity index (χ0n) is 14.2. The minimum Gasteiger partial charge on any atom is -0.335 e. The molecule has 0 spiro atoms. The van der Waals surface area contributed by atoms with Crippen LogP contribution in [0, 0.1) is 6.92 Å². The molecular weight excluding hydrogens is 312 g/mol. The van der Waals surface area contributed by atoms with Gasteiger partial charge in [-0.1, -0.05) is 48.5 Å². The van der Waals surface area contributed by atoms with E-state index in [-0.39, 0.29) is 11.7 Å². The monoisotopic (exact) mass is 332 g/mol. The van der Waals surface area contributed by atoms with Gasteiger partial charge in [0, 0.05) is 19.0 Å². The number of aryl methyl sites for hydroxylation is 1. The molecule has 0 aliphatic carbocycles. The molecule has 1 saturated heterocycles. The smallest absolute Gasteiger partial charge is 0.293 e. The molecule has 2 aromatic carbocycles. The molecule has 0 radical (unpaired) electrons. The Labute approximate surface area is 146 Å². The Morgan fingerprint density at radius 3 is 2.44 bits per heavy atom. The van der Waals surface area contributed by atoms with E-state index in [9.17, 15) is 4.79 Å². The first-order valence-electron chi connectivity index (χ1n) is 8.55. The van der Waals surface area contributed by atoms with Crippen LogP contribution >= 0.6 is 0 Å². The van der Waals surface area contributed by atoms with Gasteiger partial charge in [-0.15, -0.1) is 5.10 Å². The van der Waals surface area contributed by atoms with Crippen LogP contribution in [0.15, 0.2) is 60.7 Å². The zero-order chi connectivity index (χ0) is 17.2. The zero-order valence-corrected chi connectivity index (χ0v) is 14.2. The van der Waals surface area contributed by atoms with E-state index in [0.29, 0.717) is 11.7 Å². The van der Waals surface area contributed by atoms with Gasteiger partial charge in [0.2, 0.25) is 5.82 Å². The molecule has 1 fully saturated rings. The van der Waals surface area contributed by atoms with Crippen molar-refractivity contribution >= 4 is 5.91 Å². The van der Waals surface area contributed by atoms with E-state index >= 15 is 0 Å². The maximum absolute atomic E-state index is 12.8. The molecule has 1 atom stereocenters. The van der Waals surface area contributed by atoms with Crippen LogP contribution in [0.4, 0.5) is 0 Å². The molecule has 3 aromatic rings. The van der Waals surface area contributed by atoms with Crippen molar-refractivity contribution < 1.29 is 4.79 Å². The Balaban J connectivity index is 1.52. The van der Waals surface area contributed by atoms with E-state index in [0.717, 1.165) is 25.2 Å². The van der Waals surface area contributed by atoms with Crippen molar-refractivity contribution in [2.45, 2.75) is 19.3 Å². The van der Waals surface area contributed by atoms with Crippen LogP contribution in [0.25, 0.3) is 5.69 Å². The first-order valence-corrected chi connectivity index (χ1v) is 8.55. The van der Waals surface area contributed by atoms with Crippen LogP contribution in [0.3, 0.4) is 0 Å². The fourth-order valence-electron chi connectivity index (χ4n) is 3.38. The van der Waals surface area contributed by atoms with Crippen molar-refractivity contribution in [3.8, 4) is 5.69 Å². The number of aromatic nitrogens is 3. The van der Waals surface area contributed by atoms with Gasteiger partial charge in [0.25, 0.3) is 5.91 Å². The maximum Gasteiger partial charge on any atom is 0.293 e. The number of carbonyl (C=O) groups is 1. The Morgan fingerprint density at radius 2 is 1.72 bits per heavy atom. The van der Waals surface area contributed by atoms with E-state index in [4.69, 9.17) is 0 Å². The van der Waals surface area contributed by atoms with Gasteiger partial charge in [0.05, 0.1) is 5.69 Å². The molecule has 5 heteroatoms. The van der Waals surface area contributed by atoms with E-state index < -0.39 is 0 Å². The molecular formula is C20H20N4O.